The summed E-state index contributed by atoms with van der Waals surface area (Å²) in [6.45, 7) is 6.25. The van der Waals surface area contributed by atoms with Crippen LogP contribution in [0.5, 0.6) is 0 Å². The van der Waals surface area contributed by atoms with Crippen molar-refractivity contribution in [2.75, 3.05) is 5.32 Å². The van der Waals surface area contributed by atoms with E-state index in [9.17, 15) is 14.8 Å². The lowest BCUT2D eigenvalue weighted by Gasteiger charge is -2.15. The van der Waals surface area contributed by atoms with Gasteiger partial charge in [-0.3, -0.25) is 9.36 Å². The van der Waals surface area contributed by atoms with Crippen LogP contribution in [-0.2, 0) is 6.54 Å². The highest BCUT2D eigenvalue weighted by molar-refractivity contribution is 6.58. The molecule has 1 amide bonds. The lowest BCUT2D eigenvalue weighted by atomic mass is 9.80. The van der Waals surface area contributed by atoms with Crippen LogP contribution in [0.15, 0.2) is 48.5 Å². The number of rotatable bonds is 6. The van der Waals surface area contributed by atoms with Crippen molar-refractivity contribution < 1.29 is 14.8 Å². The van der Waals surface area contributed by atoms with Crippen molar-refractivity contribution in [1.82, 2.24) is 14.5 Å². The van der Waals surface area contributed by atoms with Crippen molar-refractivity contribution in [3.05, 3.63) is 76.6 Å². The molecule has 2 aromatic heterocycles. The van der Waals surface area contributed by atoms with Gasteiger partial charge < -0.3 is 21.1 Å². The molecule has 8 nitrogen and oxygen atoms in total. The number of hydrogen-bond donors (Lipinski definition) is 4. The molecule has 32 heavy (non-hydrogen) atoms. The van der Waals surface area contributed by atoms with Crippen molar-refractivity contribution in [1.29, 1.82) is 0 Å². The second-order valence-electron chi connectivity index (χ2n) is 7.78. The number of fused-ring (bicyclic) bond motifs is 1. The first-order chi connectivity index (χ1) is 15.3. The SMILES string of the molecule is Cc1nc(-n2c(C)cc3c(C(N)=O)cccc32)nc(NCc2cccc(B(O)O)c2)c1C. The van der Waals surface area contributed by atoms with E-state index in [1.165, 1.54) is 0 Å². The van der Waals surface area contributed by atoms with Crippen LogP contribution in [0.3, 0.4) is 0 Å². The Morgan fingerprint density at radius 2 is 1.84 bits per heavy atom. The Hall–Kier alpha value is -3.69. The van der Waals surface area contributed by atoms with Gasteiger partial charge in [-0.25, -0.2) is 4.98 Å². The van der Waals surface area contributed by atoms with E-state index < -0.39 is 13.0 Å². The van der Waals surface area contributed by atoms with Gasteiger partial charge in [0.1, 0.15) is 5.82 Å². The van der Waals surface area contributed by atoms with E-state index in [-0.39, 0.29) is 0 Å². The predicted octanol–water partition coefficient (Wildman–Crippen LogP) is 1.74. The topological polar surface area (TPSA) is 126 Å². The molecule has 4 aromatic rings. The fraction of sp³-hybridized carbons (Fsp3) is 0.174. The Kier molecular flexibility index (Phi) is 5.69. The smallest absolute Gasteiger partial charge is 0.423 e. The minimum Gasteiger partial charge on any atom is -0.423 e. The Morgan fingerprint density at radius 1 is 1.09 bits per heavy atom. The predicted molar refractivity (Wildman–Crippen MR) is 125 cm³/mol. The minimum absolute atomic E-state index is 0.431. The van der Waals surface area contributed by atoms with Crippen molar-refractivity contribution in [3.8, 4) is 5.95 Å². The molecule has 0 saturated carbocycles. The second-order valence-corrected chi connectivity index (χ2v) is 7.78. The number of nitrogens with zero attached hydrogens (tertiary/aromatic N) is 3. The summed E-state index contributed by atoms with van der Waals surface area (Å²) in [6, 6.07) is 14.4. The molecule has 2 heterocycles. The molecule has 162 valence electrons. The van der Waals surface area contributed by atoms with Crippen molar-refractivity contribution in [2.24, 2.45) is 5.73 Å². The highest BCUT2D eigenvalue weighted by Crippen LogP contribution is 2.27. The maximum Gasteiger partial charge on any atom is 0.488 e. The van der Waals surface area contributed by atoms with Gasteiger partial charge in [-0.15, -0.1) is 0 Å². The lowest BCUT2D eigenvalue weighted by Crippen LogP contribution is -2.30. The van der Waals surface area contributed by atoms with E-state index in [2.05, 4.69) is 10.3 Å². The zero-order chi connectivity index (χ0) is 23.0. The number of primary amides is 1. The Morgan fingerprint density at radius 3 is 2.56 bits per heavy atom. The first-order valence-corrected chi connectivity index (χ1v) is 10.2. The Bertz CT molecular complexity index is 1330. The van der Waals surface area contributed by atoms with Crippen LogP contribution in [0.2, 0.25) is 0 Å². The summed E-state index contributed by atoms with van der Waals surface area (Å²) in [5, 5.41) is 22.9. The van der Waals surface area contributed by atoms with Crippen molar-refractivity contribution in [3.63, 3.8) is 0 Å². The molecule has 0 aliphatic carbocycles. The van der Waals surface area contributed by atoms with Crippen LogP contribution in [0.25, 0.3) is 16.9 Å². The molecule has 0 aliphatic heterocycles. The van der Waals surface area contributed by atoms with E-state index in [4.69, 9.17) is 10.7 Å². The summed E-state index contributed by atoms with van der Waals surface area (Å²) in [7, 11) is -1.51. The van der Waals surface area contributed by atoms with Gasteiger partial charge in [-0.2, -0.15) is 4.98 Å². The summed E-state index contributed by atoms with van der Waals surface area (Å²) in [4.78, 5) is 21.3. The van der Waals surface area contributed by atoms with Gasteiger partial charge in [-0.05, 0) is 50.0 Å². The first-order valence-electron chi connectivity index (χ1n) is 10.2. The maximum atomic E-state index is 11.9. The molecular weight excluding hydrogens is 405 g/mol. The molecule has 5 N–H and O–H groups in total. The lowest BCUT2D eigenvalue weighted by molar-refractivity contribution is 0.100. The van der Waals surface area contributed by atoms with Gasteiger partial charge >= 0.3 is 7.12 Å². The number of nitrogens with one attached hydrogen (secondary N) is 1. The third-order valence-corrected chi connectivity index (χ3v) is 5.58. The van der Waals surface area contributed by atoms with Crippen LogP contribution in [0, 0.1) is 20.8 Å². The fourth-order valence-electron chi connectivity index (χ4n) is 3.78. The third-order valence-electron chi connectivity index (χ3n) is 5.58. The average Bonchev–Trinajstić information content (AvgIpc) is 3.10. The summed E-state index contributed by atoms with van der Waals surface area (Å²) < 4.78 is 1.90. The molecule has 0 bridgehead atoms. The van der Waals surface area contributed by atoms with Crippen LogP contribution in [-0.4, -0.2) is 37.6 Å². The van der Waals surface area contributed by atoms with Crippen molar-refractivity contribution >= 4 is 35.2 Å². The number of anilines is 1. The molecule has 2 aromatic carbocycles. The molecule has 0 spiro atoms. The molecule has 0 unspecified atom stereocenters. The monoisotopic (exact) mass is 429 g/mol. The molecular formula is C23H24BN5O3. The van der Waals surface area contributed by atoms with Gasteiger partial charge in [0.15, 0.2) is 0 Å². The number of carbonyl (C=O) groups excluding carboxylic acids is 1. The normalized spacial score (nSPS) is 11.0. The number of nitrogens with two attached hydrogens (primary N) is 1. The van der Waals surface area contributed by atoms with Crippen LogP contribution in [0.1, 0.15) is 32.9 Å². The van der Waals surface area contributed by atoms with E-state index in [1.807, 2.05) is 43.5 Å². The van der Waals surface area contributed by atoms with Gasteiger partial charge in [0.25, 0.3) is 0 Å². The standard InChI is InChI=1S/C23H24BN5O3/c1-13-10-19-18(21(25)30)8-5-9-20(19)29(13)23-27-15(3)14(2)22(28-23)26-12-16-6-4-7-17(11-16)24(31)32/h4-11,31-32H,12H2,1-3H3,(H2,25,30)(H,26,27,28). The highest BCUT2D eigenvalue weighted by atomic mass is 16.4. The van der Waals surface area contributed by atoms with Crippen LogP contribution in [0.4, 0.5) is 5.82 Å². The number of amides is 1. The zero-order valence-corrected chi connectivity index (χ0v) is 18.1. The second kappa shape index (κ2) is 8.45. The van der Waals surface area contributed by atoms with Crippen LogP contribution >= 0.6 is 0 Å². The largest absolute Gasteiger partial charge is 0.488 e. The first kappa shape index (κ1) is 21.5. The van der Waals surface area contributed by atoms with Crippen molar-refractivity contribution in [2.45, 2.75) is 27.3 Å². The molecule has 9 heteroatoms. The third kappa shape index (κ3) is 3.95. The van der Waals surface area contributed by atoms with Crippen LogP contribution < -0.4 is 16.5 Å². The Labute approximate surface area is 185 Å². The molecule has 0 saturated heterocycles. The summed E-state index contributed by atoms with van der Waals surface area (Å²) in [6.07, 6.45) is 0. The quantitative estimate of drug-likeness (QED) is 0.346. The van der Waals surface area contributed by atoms with E-state index in [0.29, 0.717) is 29.3 Å². The summed E-state index contributed by atoms with van der Waals surface area (Å²) >= 11 is 0. The maximum absolute atomic E-state index is 11.9. The number of aryl methyl sites for hydroxylation is 2. The fourth-order valence-corrected chi connectivity index (χ4v) is 3.78. The zero-order valence-electron chi connectivity index (χ0n) is 18.1. The molecule has 0 atom stereocenters. The number of benzene rings is 2. The van der Waals surface area contributed by atoms with Gasteiger partial charge in [-0.1, -0.05) is 30.3 Å². The number of aromatic nitrogens is 3. The van der Waals surface area contributed by atoms with Gasteiger partial charge in [0, 0.05) is 34.4 Å². The van der Waals surface area contributed by atoms with Gasteiger partial charge in [0.2, 0.25) is 11.9 Å². The Balaban J connectivity index is 1.74. The van der Waals surface area contributed by atoms with E-state index in [0.717, 1.165) is 33.4 Å². The minimum atomic E-state index is -1.51. The number of carbonyl (C=O) groups is 1. The number of hydrogen-bond acceptors (Lipinski definition) is 6. The highest BCUT2D eigenvalue weighted by Gasteiger charge is 2.17. The molecule has 0 radical (unpaired) electrons. The molecule has 4 rings (SSSR count). The molecule has 0 fully saturated rings. The average molecular weight is 429 g/mol. The van der Waals surface area contributed by atoms with Gasteiger partial charge in [0.05, 0.1) is 5.52 Å². The molecule has 0 aliphatic rings. The summed E-state index contributed by atoms with van der Waals surface area (Å²) in [5.41, 5.74) is 10.8. The van der Waals surface area contributed by atoms with E-state index >= 15 is 0 Å². The summed E-state index contributed by atoms with van der Waals surface area (Å²) in [5.74, 6) is 0.686. The van der Waals surface area contributed by atoms with E-state index in [1.54, 1.807) is 30.3 Å².